The van der Waals surface area contributed by atoms with Crippen LogP contribution in [-0.4, -0.2) is 13.4 Å². The molecule has 0 aliphatic carbocycles. The number of hydrogen-bond donors (Lipinski definition) is 1. The molecule has 2 aromatic rings. The number of sulfonamides is 1. The van der Waals surface area contributed by atoms with E-state index in [0.29, 0.717) is 5.33 Å². The van der Waals surface area contributed by atoms with E-state index in [4.69, 9.17) is 0 Å². The molecule has 0 aliphatic rings. The lowest BCUT2D eigenvalue weighted by Gasteiger charge is -2.09. The molecule has 4 nitrogen and oxygen atoms in total. The lowest BCUT2D eigenvalue weighted by molar-refractivity contribution is 0.581. The van der Waals surface area contributed by atoms with Crippen LogP contribution in [0.2, 0.25) is 0 Å². The number of aromatic nitrogens is 1. The SMILES string of the molecule is Cc1cnccc1CNS(=O)(=O)c1ccc(CBr)cc1. The number of nitrogens with one attached hydrogen (secondary N) is 1. The summed E-state index contributed by atoms with van der Waals surface area (Å²) in [5.41, 5.74) is 2.92. The van der Waals surface area contributed by atoms with Gasteiger partial charge in [0.05, 0.1) is 4.90 Å². The number of aryl methyl sites for hydroxylation is 1. The first-order chi connectivity index (χ1) is 9.53. The maximum atomic E-state index is 12.2. The molecule has 0 saturated heterocycles. The van der Waals surface area contributed by atoms with Gasteiger partial charge < -0.3 is 0 Å². The average Bonchev–Trinajstić information content (AvgIpc) is 2.46. The number of rotatable bonds is 5. The Morgan fingerprint density at radius 1 is 1.20 bits per heavy atom. The minimum atomic E-state index is -3.49. The van der Waals surface area contributed by atoms with Gasteiger partial charge in [-0.3, -0.25) is 4.98 Å². The van der Waals surface area contributed by atoms with E-state index in [-0.39, 0.29) is 11.4 Å². The number of nitrogens with zero attached hydrogens (tertiary/aromatic N) is 1. The molecule has 0 saturated carbocycles. The standard InChI is InChI=1S/C14H15BrN2O2S/c1-11-9-16-7-6-13(11)10-17-20(18,19)14-4-2-12(8-15)3-5-14/h2-7,9,17H,8,10H2,1H3. The van der Waals surface area contributed by atoms with E-state index in [1.165, 1.54) is 0 Å². The molecule has 0 amide bonds. The number of hydrogen-bond acceptors (Lipinski definition) is 3. The monoisotopic (exact) mass is 354 g/mol. The molecule has 0 atom stereocenters. The van der Waals surface area contributed by atoms with Gasteiger partial charge in [-0.1, -0.05) is 28.1 Å². The van der Waals surface area contributed by atoms with Crippen LogP contribution in [0.5, 0.6) is 0 Å². The molecule has 106 valence electrons. The summed E-state index contributed by atoms with van der Waals surface area (Å²) in [4.78, 5) is 4.26. The van der Waals surface area contributed by atoms with Gasteiger partial charge >= 0.3 is 0 Å². The minimum Gasteiger partial charge on any atom is -0.264 e. The second-order valence-corrected chi connectivity index (χ2v) is 6.73. The Bertz CT molecular complexity index is 685. The third-order valence-corrected chi connectivity index (χ3v) is 5.04. The van der Waals surface area contributed by atoms with Crippen molar-refractivity contribution < 1.29 is 8.42 Å². The zero-order chi connectivity index (χ0) is 14.6. The topological polar surface area (TPSA) is 59.1 Å². The molecule has 0 unspecified atom stereocenters. The third-order valence-electron chi connectivity index (χ3n) is 2.98. The van der Waals surface area contributed by atoms with E-state index in [2.05, 4.69) is 25.6 Å². The van der Waals surface area contributed by atoms with Crippen molar-refractivity contribution in [2.45, 2.75) is 23.7 Å². The molecular weight excluding hydrogens is 340 g/mol. The normalized spacial score (nSPS) is 11.5. The summed E-state index contributed by atoms with van der Waals surface area (Å²) in [6.07, 6.45) is 3.37. The van der Waals surface area contributed by atoms with E-state index in [1.54, 1.807) is 36.7 Å². The number of halogens is 1. The average molecular weight is 355 g/mol. The smallest absolute Gasteiger partial charge is 0.240 e. The molecule has 2 rings (SSSR count). The Hall–Kier alpha value is -1.24. The van der Waals surface area contributed by atoms with E-state index >= 15 is 0 Å². The first-order valence-electron chi connectivity index (χ1n) is 6.07. The third kappa shape index (κ3) is 3.65. The van der Waals surface area contributed by atoms with Gasteiger partial charge in [0.15, 0.2) is 0 Å². The summed E-state index contributed by atoms with van der Waals surface area (Å²) in [7, 11) is -3.49. The molecule has 0 aliphatic heterocycles. The Balaban J connectivity index is 2.13. The highest BCUT2D eigenvalue weighted by atomic mass is 79.9. The fourth-order valence-electron chi connectivity index (χ4n) is 1.71. The van der Waals surface area contributed by atoms with Crippen LogP contribution < -0.4 is 4.72 Å². The van der Waals surface area contributed by atoms with E-state index < -0.39 is 10.0 Å². The van der Waals surface area contributed by atoms with Crippen molar-refractivity contribution in [3.63, 3.8) is 0 Å². The first kappa shape index (κ1) is 15.2. The molecule has 0 fully saturated rings. The largest absolute Gasteiger partial charge is 0.264 e. The fourth-order valence-corrected chi connectivity index (χ4v) is 3.09. The predicted molar refractivity (Wildman–Crippen MR) is 82.1 cm³/mol. The summed E-state index contributed by atoms with van der Waals surface area (Å²) in [6, 6.07) is 8.62. The van der Waals surface area contributed by atoms with Crippen molar-refractivity contribution >= 4 is 26.0 Å². The number of pyridine rings is 1. The van der Waals surface area contributed by atoms with Gasteiger partial charge in [0.25, 0.3) is 0 Å². The van der Waals surface area contributed by atoms with E-state index in [9.17, 15) is 8.42 Å². The molecule has 6 heteroatoms. The zero-order valence-electron chi connectivity index (χ0n) is 11.0. The molecule has 1 aromatic carbocycles. The van der Waals surface area contributed by atoms with Crippen LogP contribution in [0.25, 0.3) is 0 Å². The number of benzene rings is 1. The van der Waals surface area contributed by atoms with Crippen LogP contribution in [0.1, 0.15) is 16.7 Å². The van der Waals surface area contributed by atoms with Gasteiger partial charge in [-0.2, -0.15) is 0 Å². The Kier molecular flexibility index (Phi) is 4.91. The van der Waals surface area contributed by atoms with Crippen molar-refractivity contribution in [3.05, 3.63) is 59.4 Å². The lowest BCUT2D eigenvalue weighted by Crippen LogP contribution is -2.23. The zero-order valence-corrected chi connectivity index (χ0v) is 13.4. The predicted octanol–water partition coefficient (Wildman–Crippen LogP) is 2.76. The maximum Gasteiger partial charge on any atom is 0.240 e. The molecule has 0 bridgehead atoms. The van der Waals surface area contributed by atoms with Crippen LogP contribution in [0.15, 0.2) is 47.6 Å². The summed E-state index contributed by atoms with van der Waals surface area (Å²) >= 11 is 3.33. The van der Waals surface area contributed by atoms with Gasteiger partial charge in [-0.25, -0.2) is 13.1 Å². The summed E-state index contributed by atoms with van der Waals surface area (Å²) in [5, 5.41) is 0.705. The highest BCUT2D eigenvalue weighted by Crippen LogP contribution is 2.13. The van der Waals surface area contributed by atoms with Gasteiger partial charge in [0.1, 0.15) is 0 Å². The first-order valence-corrected chi connectivity index (χ1v) is 8.67. The van der Waals surface area contributed by atoms with Gasteiger partial charge in [-0.05, 0) is 41.8 Å². The van der Waals surface area contributed by atoms with Crippen LogP contribution in [0, 0.1) is 6.92 Å². The fraction of sp³-hybridized carbons (Fsp3) is 0.214. The maximum absolute atomic E-state index is 12.2. The minimum absolute atomic E-state index is 0.261. The Morgan fingerprint density at radius 2 is 1.90 bits per heavy atom. The van der Waals surface area contributed by atoms with E-state index in [0.717, 1.165) is 16.7 Å². The van der Waals surface area contributed by atoms with Crippen molar-refractivity contribution in [3.8, 4) is 0 Å². The molecule has 20 heavy (non-hydrogen) atoms. The van der Waals surface area contributed by atoms with Gasteiger partial charge in [-0.15, -0.1) is 0 Å². The van der Waals surface area contributed by atoms with Crippen molar-refractivity contribution in [1.29, 1.82) is 0 Å². The number of alkyl halides is 1. The highest BCUT2D eigenvalue weighted by Gasteiger charge is 2.13. The summed E-state index contributed by atoms with van der Waals surface area (Å²) in [6.45, 7) is 2.16. The van der Waals surface area contributed by atoms with E-state index in [1.807, 2.05) is 13.0 Å². The van der Waals surface area contributed by atoms with Gasteiger partial charge in [0, 0.05) is 24.3 Å². The van der Waals surface area contributed by atoms with Crippen molar-refractivity contribution in [2.24, 2.45) is 0 Å². The van der Waals surface area contributed by atoms with Crippen LogP contribution >= 0.6 is 15.9 Å². The van der Waals surface area contributed by atoms with Crippen LogP contribution in [0.3, 0.4) is 0 Å². The Morgan fingerprint density at radius 3 is 2.50 bits per heavy atom. The molecule has 1 heterocycles. The summed E-state index contributed by atoms with van der Waals surface area (Å²) in [5.74, 6) is 0. The van der Waals surface area contributed by atoms with Crippen LogP contribution in [-0.2, 0) is 21.9 Å². The lowest BCUT2D eigenvalue weighted by atomic mass is 10.2. The van der Waals surface area contributed by atoms with Gasteiger partial charge in [0.2, 0.25) is 10.0 Å². The van der Waals surface area contributed by atoms with Crippen LogP contribution in [0.4, 0.5) is 0 Å². The highest BCUT2D eigenvalue weighted by molar-refractivity contribution is 9.08. The quantitative estimate of drug-likeness (QED) is 0.839. The molecular formula is C14H15BrN2O2S. The second-order valence-electron chi connectivity index (χ2n) is 4.40. The molecule has 0 radical (unpaired) electrons. The molecule has 1 N–H and O–H groups in total. The van der Waals surface area contributed by atoms with Crippen molar-refractivity contribution in [1.82, 2.24) is 9.71 Å². The summed E-state index contributed by atoms with van der Waals surface area (Å²) < 4.78 is 27.0. The molecule has 0 spiro atoms. The second kappa shape index (κ2) is 6.47. The van der Waals surface area contributed by atoms with Crippen molar-refractivity contribution in [2.75, 3.05) is 0 Å². The molecule has 1 aromatic heterocycles. The Labute approximate surface area is 127 Å².